The Balaban J connectivity index is 1.71. The first kappa shape index (κ1) is 21.8. The highest BCUT2D eigenvalue weighted by molar-refractivity contribution is 9.10. The molecule has 27 heavy (non-hydrogen) atoms. The van der Waals surface area contributed by atoms with E-state index in [2.05, 4.69) is 26.8 Å². The lowest BCUT2D eigenvalue weighted by atomic mass is 10.2. The van der Waals surface area contributed by atoms with E-state index in [0.29, 0.717) is 46.1 Å². The predicted octanol–water partition coefficient (Wildman–Crippen LogP) is 2.34. The van der Waals surface area contributed by atoms with Crippen molar-refractivity contribution in [1.29, 1.82) is 0 Å². The van der Waals surface area contributed by atoms with Crippen molar-refractivity contribution >= 4 is 39.1 Å². The second-order valence-corrected chi connectivity index (χ2v) is 7.71. The Hall–Kier alpha value is -1.46. The zero-order valence-corrected chi connectivity index (χ0v) is 17.5. The molecule has 0 aromatic heterocycles. The van der Waals surface area contributed by atoms with Gasteiger partial charge in [0.05, 0.1) is 19.8 Å². The molecule has 1 aliphatic rings. The fourth-order valence-corrected chi connectivity index (χ4v) is 3.09. The van der Waals surface area contributed by atoms with Crippen molar-refractivity contribution in [3.05, 3.63) is 24.3 Å². The third kappa shape index (κ3) is 7.59. The van der Waals surface area contributed by atoms with Gasteiger partial charge in [-0.2, -0.15) is 0 Å². The summed E-state index contributed by atoms with van der Waals surface area (Å²) in [5.41, 5.74) is 1.07. The van der Waals surface area contributed by atoms with Crippen LogP contribution < -0.4 is 9.64 Å². The molecule has 1 unspecified atom stereocenters. The summed E-state index contributed by atoms with van der Waals surface area (Å²) < 4.78 is 15.6. The van der Waals surface area contributed by atoms with Crippen LogP contribution in [0.1, 0.15) is 0 Å². The quantitative estimate of drug-likeness (QED) is 0.305. The van der Waals surface area contributed by atoms with Gasteiger partial charge in [0.2, 0.25) is 0 Å². The zero-order valence-electron chi connectivity index (χ0n) is 15.1. The molecule has 0 saturated carbocycles. The molecule has 1 atom stereocenters. The number of alkyl halides is 2. The molecule has 1 aliphatic heterocycles. The summed E-state index contributed by atoms with van der Waals surface area (Å²) in [4.78, 5) is 15.9. The van der Waals surface area contributed by atoms with Gasteiger partial charge in [-0.15, -0.1) is 6.42 Å². The number of benzene rings is 1. The Labute approximate surface area is 173 Å². The number of amides is 1. The number of hydrogen-bond acceptors (Lipinski definition) is 5. The van der Waals surface area contributed by atoms with Crippen LogP contribution in [0.3, 0.4) is 0 Å². The lowest BCUT2D eigenvalue weighted by Crippen LogP contribution is -2.50. The molecular weight excluding hydrogens is 436 g/mol. The van der Waals surface area contributed by atoms with E-state index in [-0.39, 0.29) is 5.91 Å². The van der Waals surface area contributed by atoms with Gasteiger partial charge in [0, 0.05) is 37.9 Å². The Kier molecular flexibility index (Phi) is 9.78. The third-order valence-corrected chi connectivity index (χ3v) is 4.59. The van der Waals surface area contributed by atoms with Crippen LogP contribution in [0.25, 0.3) is 0 Å². The van der Waals surface area contributed by atoms with Gasteiger partial charge in [0.15, 0.2) is 4.29 Å². The average molecular weight is 460 g/mol. The number of anilines is 1. The number of carbonyl (C=O) groups excluding carboxylic acids is 1. The highest BCUT2D eigenvalue weighted by Crippen LogP contribution is 2.23. The molecule has 0 N–H and O–H groups in total. The fraction of sp³-hybridized carbons (Fsp3) is 0.526. The summed E-state index contributed by atoms with van der Waals surface area (Å²) in [5, 5.41) is 0. The summed E-state index contributed by atoms with van der Waals surface area (Å²) in [6, 6.07) is 7.92. The van der Waals surface area contributed by atoms with Crippen molar-refractivity contribution in [2.45, 2.75) is 4.29 Å². The van der Waals surface area contributed by atoms with E-state index in [1.165, 1.54) is 0 Å². The van der Waals surface area contributed by atoms with E-state index in [4.69, 9.17) is 32.2 Å². The molecule has 1 amide bonds. The van der Waals surface area contributed by atoms with Gasteiger partial charge in [0.1, 0.15) is 19.0 Å². The maximum absolute atomic E-state index is 11.9. The van der Waals surface area contributed by atoms with Crippen LogP contribution in [0.5, 0.6) is 5.75 Å². The molecule has 1 heterocycles. The first-order chi connectivity index (χ1) is 13.1. The minimum absolute atomic E-state index is 0.0851. The van der Waals surface area contributed by atoms with Gasteiger partial charge in [-0.1, -0.05) is 39.5 Å². The Morgan fingerprint density at radius 3 is 2.59 bits per heavy atom. The zero-order chi connectivity index (χ0) is 19.5. The number of piperazine rings is 1. The molecule has 0 bridgehead atoms. The smallest absolute Gasteiger partial charge is 0.251 e. The topological polar surface area (TPSA) is 51.2 Å². The summed E-state index contributed by atoms with van der Waals surface area (Å²) in [7, 11) is 0. The van der Waals surface area contributed by atoms with E-state index in [0.717, 1.165) is 24.5 Å². The van der Waals surface area contributed by atoms with Gasteiger partial charge < -0.3 is 24.0 Å². The van der Waals surface area contributed by atoms with Gasteiger partial charge in [-0.25, -0.2) is 0 Å². The van der Waals surface area contributed by atoms with E-state index in [9.17, 15) is 4.79 Å². The Morgan fingerprint density at radius 1 is 1.19 bits per heavy atom. The molecule has 148 valence electrons. The lowest BCUT2D eigenvalue weighted by Gasteiger charge is -2.36. The van der Waals surface area contributed by atoms with Crippen LogP contribution in [-0.4, -0.2) is 74.3 Å². The fourth-order valence-electron chi connectivity index (χ4n) is 2.66. The van der Waals surface area contributed by atoms with Gasteiger partial charge in [0.25, 0.3) is 5.91 Å². The molecule has 1 fully saturated rings. The molecule has 0 spiro atoms. The monoisotopic (exact) mass is 458 g/mol. The second kappa shape index (κ2) is 12.1. The number of halogens is 2. The van der Waals surface area contributed by atoms with Crippen molar-refractivity contribution < 1.29 is 19.0 Å². The van der Waals surface area contributed by atoms with Crippen molar-refractivity contribution in [3.63, 3.8) is 0 Å². The molecule has 2 rings (SSSR count). The van der Waals surface area contributed by atoms with Gasteiger partial charge in [-0.3, -0.25) is 4.79 Å². The van der Waals surface area contributed by atoms with E-state index < -0.39 is 4.29 Å². The number of rotatable bonds is 10. The number of ether oxygens (including phenoxy) is 3. The largest absolute Gasteiger partial charge is 0.491 e. The van der Waals surface area contributed by atoms with Crippen LogP contribution in [0.2, 0.25) is 0 Å². The lowest BCUT2D eigenvalue weighted by molar-refractivity contribution is -0.129. The predicted molar refractivity (Wildman–Crippen MR) is 110 cm³/mol. The average Bonchev–Trinajstić information content (AvgIpc) is 2.69. The van der Waals surface area contributed by atoms with Crippen molar-refractivity contribution in [2.75, 3.05) is 64.1 Å². The highest BCUT2D eigenvalue weighted by atomic mass is 79.9. The Bertz CT molecular complexity index is 630. The molecule has 0 aliphatic carbocycles. The van der Waals surface area contributed by atoms with Crippen LogP contribution in [0.15, 0.2) is 24.3 Å². The standard InChI is InChI=1S/C19H24BrClN2O4/c1-2-10-25-11-12-26-13-14-27-17-5-3-4-16(15-17)22-6-8-23(9-7-22)19(24)18(20)21/h1,3-5,15,18H,6-14H2. The first-order valence-electron chi connectivity index (χ1n) is 8.75. The molecule has 8 heteroatoms. The van der Waals surface area contributed by atoms with Gasteiger partial charge >= 0.3 is 0 Å². The van der Waals surface area contributed by atoms with Crippen LogP contribution >= 0.6 is 27.5 Å². The van der Waals surface area contributed by atoms with E-state index in [1.807, 2.05) is 24.3 Å². The molecular formula is C19H24BrClN2O4. The van der Waals surface area contributed by atoms with Crippen LogP contribution in [0, 0.1) is 12.3 Å². The number of hydrogen-bond donors (Lipinski definition) is 0. The first-order valence-corrected chi connectivity index (χ1v) is 10.1. The van der Waals surface area contributed by atoms with E-state index >= 15 is 0 Å². The van der Waals surface area contributed by atoms with E-state index in [1.54, 1.807) is 4.90 Å². The van der Waals surface area contributed by atoms with Gasteiger partial charge in [-0.05, 0) is 12.1 Å². The van der Waals surface area contributed by atoms with Crippen LogP contribution in [0.4, 0.5) is 5.69 Å². The second-order valence-electron chi connectivity index (χ2n) is 5.83. The number of carbonyl (C=O) groups is 1. The maximum atomic E-state index is 11.9. The molecule has 1 saturated heterocycles. The molecule has 0 radical (unpaired) electrons. The SMILES string of the molecule is C#CCOCCOCCOc1cccc(N2CCN(C(=O)C(Cl)Br)CC2)c1. The summed E-state index contributed by atoms with van der Waals surface area (Å²) in [6.45, 7) is 5.03. The molecule has 6 nitrogen and oxygen atoms in total. The summed E-state index contributed by atoms with van der Waals surface area (Å²) in [6.07, 6.45) is 5.09. The summed E-state index contributed by atoms with van der Waals surface area (Å²) >= 11 is 8.92. The third-order valence-electron chi connectivity index (χ3n) is 4.01. The van der Waals surface area contributed by atoms with Crippen molar-refractivity contribution in [1.82, 2.24) is 4.90 Å². The number of terminal acetylenes is 1. The highest BCUT2D eigenvalue weighted by Gasteiger charge is 2.24. The van der Waals surface area contributed by atoms with Crippen molar-refractivity contribution in [2.24, 2.45) is 0 Å². The minimum Gasteiger partial charge on any atom is -0.491 e. The summed E-state index contributed by atoms with van der Waals surface area (Å²) in [5.74, 6) is 3.11. The van der Waals surface area contributed by atoms with Crippen molar-refractivity contribution in [3.8, 4) is 18.1 Å². The molecule has 1 aromatic carbocycles. The van der Waals surface area contributed by atoms with Crippen LogP contribution in [-0.2, 0) is 14.3 Å². The minimum atomic E-state index is -0.660. The number of nitrogens with zero attached hydrogens (tertiary/aromatic N) is 2. The molecule has 1 aromatic rings. The Morgan fingerprint density at radius 2 is 1.89 bits per heavy atom. The normalized spacial score (nSPS) is 15.3. The maximum Gasteiger partial charge on any atom is 0.251 e.